The summed E-state index contributed by atoms with van der Waals surface area (Å²) in [5.41, 5.74) is -0.225. The zero-order chi connectivity index (χ0) is 18.0. The van der Waals surface area contributed by atoms with Gasteiger partial charge in [-0.05, 0) is 12.1 Å². The first-order valence-corrected chi connectivity index (χ1v) is 8.82. The maximum atomic E-state index is 12.6. The van der Waals surface area contributed by atoms with Crippen molar-refractivity contribution in [1.29, 1.82) is 0 Å². The Morgan fingerprint density at radius 2 is 2.08 bits per heavy atom. The second-order valence-corrected chi connectivity index (χ2v) is 6.80. The van der Waals surface area contributed by atoms with Gasteiger partial charge in [-0.2, -0.15) is 0 Å². The molecule has 4 rings (SSSR count). The van der Waals surface area contributed by atoms with Crippen LogP contribution in [-0.4, -0.2) is 72.4 Å². The molecule has 26 heavy (non-hydrogen) atoms. The van der Waals surface area contributed by atoms with Crippen molar-refractivity contribution in [1.82, 2.24) is 15.1 Å². The molecular formula is C17H22N4O5. The summed E-state index contributed by atoms with van der Waals surface area (Å²) in [6.07, 6.45) is 2.64. The molecular weight excluding hydrogens is 340 g/mol. The second-order valence-electron chi connectivity index (χ2n) is 6.80. The molecule has 3 aliphatic heterocycles. The molecule has 2 fully saturated rings. The number of hydrogen-bond acceptors (Lipinski definition) is 6. The summed E-state index contributed by atoms with van der Waals surface area (Å²) >= 11 is 0. The first kappa shape index (κ1) is 16.9. The van der Waals surface area contributed by atoms with Crippen molar-refractivity contribution >= 4 is 17.6 Å². The van der Waals surface area contributed by atoms with Gasteiger partial charge in [0.05, 0.1) is 32.6 Å². The van der Waals surface area contributed by atoms with Crippen LogP contribution in [0.15, 0.2) is 28.0 Å². The van der Waals surface area contributed by atoms with Crippen LogP contribution in [0.2, 0.25) is 0 Å². The van der Waals surface area contributed by atoms with Gasteiger partial charge in [0.1, 0.15) is 11.5 Å². The van der Waals surface area contributed by atoms with Gasteiger partial charge in [-0.3, -0.25) is 4.79 Å². The lowest BCUT2D eigenvalue weighted by Gasteiger charge is -2.31. The highest BCUT2D eigenvalue weighted by atomic mass is 16.7. The van der Waals surface area contributed by atoms with Crippen LogP contribution in [0.25, 0.3) is 0 Å². The molecule has 140 valence electrons. The largest absolute Gasteiger partial charge is 0.467 e. The summed E-state index contributed by atoms with van der Waals surface area (Å²) in [6, 6.07) is 3.57. The summed E-state index contributed by atoms with van der Waals surface area (Å²) in [6.45, 7) is 3.73. The third-order valence-electron chi connectivity index (χ3n) is 4.97. The number of carbonyl (C=O) groups excluding carboxylic acids is 2. The van der Waals surface area contributed by atoms with Gasteiger partial charge in [-0.1, -0.05) is 5.16 Å². The minimum absolute atomic E-state index is 0.00416. The van der Waals surface area contributed by atoms with Crippen molar-refractivity contribution in [2.75, 3.05) is 39.4 Å². The van der Waals surface area contributed by atoms with E-state index in [4.69, 9.17) is 14.0 Å². The lowest BCUT2D eigenvalue weighted by Crippen LogP contribution is -2.48. The standard InChI is InChI=1S/C17H22N4O5/c22-15(18-11-13-2-1-7-25-13)14-10-17(26-19-14)3-4-21(12-17)16(23)20-5-8-24-9-6-20/h1-2,7H,3-6,8-12H2,(H,18,22)/t17-/m0/s1. The predicted molar refractivity (Wildman–Crippen MR) is 90.4 cm³/mol. The molecule has 1 aromatic rings. The Hall–Kier alpha value is -2.55. The molecule has 0 aliphatic carbocycles. The van der Waals surface area contributed by atoms with Gasteiger partial charge in [0.15, 0.2) is 5.60 Å². The summed E-state index contributed by atoms with van der Waals surface area (Å²) in [7, 11) is 0. The van der Waals surface area contributed by atoms with Crippen molar-refractivity contribution in [3.05, 3.63) is 24.2 Å². The molecule has 9 heteroatoms. The van der Waals surface area contributed by atoms with Gasteiger partial charge < -0.3 is 29.1 Å². The van der Waals surface area contributed by atoms with Crippen LogP contribution in [-0.2, 0) is 20.9 Å². The van der Waals surface area contributed by atoms with Gasteiger partial charge in [0.25, 0.3) is 5.91 Å². The molecule has 0 saturated carbocycles. The highest BCUT2D eigenvalue weighted by Crippen LogP contribution is 2.34. The SMILES string of the molecule is O=C(NCc1ccco1)C1=NO[C@@]2(CCN(C(=O)N3CCOCC3)C2)C1. The second kappa shape index (κ2) is 6.99. The van der Waals surface area contributed by atoms with E-state index >= 15 is 0 Å². The van der Waals surface area contributed by atoms with Gasteiger partial charge in [-0.25, -0.2) is 4.79 Å². The van der Waals surface area contributed by atoms with E-state index in [9.17, 15) is 9.59 Å². The Balaban J connectivity index is 1.29. The van der Waals surface area contributed by atoms with E-state index in [0.29, 0.717) is 70.3 Å². The van der Waals surface area contributed by atoms with E-state index in [2.05, 4.69) is 10.5 Å². The number of morpholine rings is 1. The molecule has 1 N–H and O–H groups in total. The third kappa shape index (κ3) is 3.39. The summed E-state index contributed by atoms with van der Waals surface area (Å²) in [4.78, 5) is 34.1. The Morgan fingerprint density at radius 3 is 2.85 bits per heavy atom. The monoisotopic (exact) mass is 362 g/mol. The Bertz CT molecular complexity index is 698. The number of ether oxygens (including phenoxy) is 1. The lowest BCUT2D eigenvalue weighted by atomic mass is 9.96. The zero-order valence-corrected chi connectivity index (χ0v) is 14.5. The first-order valence-electron chi connectivity index (χ1n) is 8.82. The molecule has 0 unspecified atom stereocenters. The number of carbonyl (C=O) groups is 2. The molecule has 1 atom stereocenters. The Kier molecular flexibility index (Phi) is 4.54. The molecule has 2 saturated heterocycles. The fourth-order valence-corrected chi connectivity index (χ4v) is 3.51. The van der Waals surface area contributed by atoms with Crippen molar-refractivity contribution in [3.63, 3.8) is 0 Å². The van der Waals surface area contributed by atoms with Crippen molar-refractivity contribution < 1.29 is 23.6 Å². The van der Waals surface area contributed by atoms with Crippen molar-refractivity contribution in [2.24, 2.45) is 5.16 Å². The molecule has 0 aromatic carbocycles. The molecule has 1 spiro atoms. The maximum absolute atomic E-state index is 12.6. The smallest absolute Gasteiger partial charge is 0.320 e. The molecule has 1 aromatic heterocycles. The highest BCUT2D eigenvalue weighted by Gasteiger charge is 2.48. The normalized spacial score (nSPS) is 25.3. The number of furan rings is 1. The van der Waals surface area contributed by atoms with Gasteiger partial charge in [0.2, 0.25) is 0 Å². The van der Waals surface area contributed by atoms with Crippen LogP contribution in [0.5, 0.6) is 0 Å². The van der Waals surface area contributed by atoms with Crippen LogP contribution < -0.4 is 5.32 Å². The van der Waals surface area contributed by atoms with E-state index < -0.39 is 5.60 Å². The minimum Gasteiger partial charge on any atom is -0.467 e. The summed E-state index contributed by atoms with van der Waals surface area (Å²) in [5.74, 6) is 0.409. The summed E-state index contributed by atoms with van der Waals surface area (Å²) < 4.78 is 10.5. The average molecular weight is 362 g/mol. The van der Waals surface area contributed by atoms with Crippen LogP contribution >= 0.6 is 0 Å². The number of nitrogens with zero attached hydrogens (tertiary/aromatic N) is 3. The van der Waals surface area contributed by atoms with Crippen molar-refractivity contribution in [3.8, 4) is 0 Å². The fourth-order valence-electron chi connectivity index (χ4n) is 3.51. The van der Waals surface area contributed by atoms with Gasteiger partial charge in [0, 0.05) is 32.5 Å². The highest BCUT2D eigenvalue weighted by molar-refractivity contribution is 6.39. The van der Waals surface area contributed by atoms with E-state index in [1.54, 1.807) is 28.2 Å². The van der Waals surface area contributed by atoms with Crippen LogP contribution in [0.1, 0.15) is 18.6 Å². The van der Waals surface area contributed by atoms with Crippen molar-refractivity contribution in [2.45, 2.75) is 25.0 Å². The first-order chi connectivity index (χ1) is 12.7. The van der Waals surface area contributed by atoms with Gasteiger partial charge >= 0.3 is 6.03 Å². The maximum Gasteiger partial charge on any atom is 0.320 e. The predicted octanol–water partition coefficient (Wildman–Crippen LogP) is 0.569. The van der Waals surface area contributed by atoms with E-state index in [0.717, 1.165) is 0 Å². The average Bonchev–Trinajstić information content (AvgIpc) is 3.42. The topological polar surface area (TPSA) is 96.6 Å². The van der Waals surface area contributed by atoms with Gasteiger partial charge in [-0.15, -0.1) is 0 Å². The van der Waals surface area contributed by atoms with Crippen LogP contribution in [0, 0.1) is 0 Å². The molecule has 3 aliphatic rings. The van der Waals surface area contributed by atoms with E-state index in [1.165, 1.54) is 0 Å². The number of hydrogen-bond donors (Lipinski definition) is 1. The van der Waals surface area contributed by atoms with Crippen LogP contribution in [0.3, 0.4) is 0 Å². The quantitative estimate of drug-likeness (QED) is 0.848. The molecule has 0 bridgehead atoms. The fraction of sp³-hybridized carbons (Fsp3) is 0.588. The lowest BCUT2D eigenvalue weighted by molar-refractivity contribution is -0.115. The number of urea groups is 1. The van der Waals surface area contributed by atoms with E-state index in [-0.39, 0.29) is 11.9 Å². The number of oxime groups is 1. The third-order valence-corrected chi connectivity index (χ3v) is 4.97. The molecule has 0 radical (unpaired) electrons. The molecule has 4 heterocycles. The van der Waals surface area contributed by atoms with Crippen LogP contribution in [0.4, 0.5) is 4.79 Å². The number of rotatable bonds is 3. The number of likely N-dealkylation sites (tertiary alicyclic amines) is 1. The zero-order valence-electron chi connectivity index (χ0n) is 14.5. The Morgan fingerprint density at radius 1 is 1.23 bits per heavy atom. The number of amides is 3. The molecule has 9 nitrogen and oxygen atoms in total. The minimum atomic E-state index is -0.584. The molecule has 3 amide bonds. The number of nitrogens with one attached hydrogen (secondary N) is 1. The Labute approximate surface area is 150 Å². The van der Waals surface area contributed by atoms with E-state index in [1.807, 2.05) is 0 Å². The summed E-state index contributed by atoms with van der Waals surface area (Å²) in [5, 5.41) is 6.75.